The van der Waals surface area contributed by atoms with Gasteiger partial charge in [-0.15, -0.1) is 0 Å². The van der Waals surface area contributed by atoms with Crippen molar-refractivity contribution in [1.82, 2.24) is 10.5 Å². The Morgan fingerprint density at radius 3 is 2.29 bits per heavy atom. The third-order valence-electron chi connectivity index (χ3n) is 3.63. The summed E-state index contributed by atoms with van der Waals surface area (Å²) in [6.45, 7) is 9.68. The van der Waals surface area contributed by atoms with Crippen LogP contribution < -0.4 is 10.6 Å². The van der Waals surface area contributed by atoms with Crippen molar-refractivity contribution >= 4 is 17.6 Å². The Bertz CT molecular complexity index is 727. The highest BCUT2D eigenvalue weighted by Gasteiger charge is 2.19. The molecule has 2 rings (SSSR count). The molecule has 1 aromatic carbocycles. The van der Waals surface area contributed by atoms with Crippen LogP contribution in [0.25, 0.3) is 0 Å². The molecule has 0 spiro atoms. The summed E-state index contributed by atoms with van der Waals surface area (Å²) in [5.41, 5.74) is 1.68. The standard InChI is InChI=1S/C18H23N3O3/c1-11-10-15(21-24-11)20-16(22)12(2)19-17(23)13-6-8-14(9-7-13)18(3,4)5/h6-10,12H,1-5H3,(H,19,23)(H,20,21,22). The van der Waals surface area contributed by atoms with E-state index in [4.69, 9.17) is 4.52 Å². The van der Waals surface area contributed by atoms with Gasteiger partial charge in [0, 0.05) is 11.6 Å². The van der Waals surface area contributed by atoms with Gasteiger partial charge in [-0.25, -0.2) is 0 Å². The second-order valence-electron chi connectivity index (χ2n) is 6.83. The van der Waals surface area contributed by atoms with Crippen LogP contribution in [-0.2, 0) is 10.2 Å². The first kappa shape index (κ1) is 17.7. The monoisotopic (exact) mass is 329 g/mol. The molecule has 1 atom stereocenters. The highest BCUT2D eigenvalue weighted by molar-refractivity contribution is 6.00. The number of carbonyl (C=O) groups is 2. The number of amides is 2. The van der Waals surface area contributed by atoms with Crippen molar-refractivity contribution in [2.45, 2.75) is 46.1 Å². The molecular weight excluding hydrogens is 306 g/mol. The molecule has 0 radical (unpaired) electrons. The molecule has 0 saturated heterocycles. The van der Waals surface area contributed by atoms with Crippen LogP contribution in [-0.4, -0.2) is 23.0 Å². The van der Waals surface area contributed by atoms with Crippen LogP contribution in [0.15, 0.2) is 34.9 Å². The number of aryl methyl sites for hydroxylation is 1. The third kappa shape index (κ3) is 4.44. The van der Waals surface area contributed by atoms with Gasteiger partial charge in [-0.2, -0.15) is 0 Å². The van der Waals surface area contributed by atoms with Crippen molar-refractivity contribution in [3.05, 3.63) is 47.2 Å². The van der Waals surface area contributed by atoms with E-state index in [2.05, 4.69) is 36.6 Å². The topological polar surface area (TPSA) is 84.2 Å². The van der Waals surface area contributed by atoms with Crippen molar-refractivity contribution < 1.29 is 14.1 Å². The molecule has 0 aliphatic heterocycles. The van der Waals surface area contributed by atoms with E-state index in [1.54, 1.807) is 32.0 Å². The predicted octanol–water partition coefficient (Wildman–Crippen LogP) is 3.04. The first-order valence-electron chi connectivity index (χ1n) is 7.82. The number of nitrogens with zero attached hydrogens (tertiary/aromatic N) is 1. The largest absolute Gasteiger partial charge is 0.360 e. The van der Waals surface area contributed by atoms with Crippen molar-refractivity contribution in [2.75, 3.05) is 5.32 Å². The fraction of sp³-hybridized carbons (Fsp3) is 0.389. The Kier molecular flexibility index (Phi) is 5.07. The molecule has 2 N–H and O–H groups in total. The van der Waals surface area contributed by atoms with E-state index in [0.29, 0.717) is 17.1 Å². The fourth-order valence-corrected chi connectivity index (χ4v) is 2.13. The number of hydrogen-bond donors (Lipinski definition) is 2. The van der Waals surface area contributed by atoms with Crippen LogP contribution >= 0.6 is 0 Å². The van der Waals surface area contributed by atoms with Gasteiger partial charge < -0.3 is 15.2 Å². The molecule has 1 heterocycles. The predicted molar refractivity (Wildman–Crippen MR) is 91.9 cm³/mol. The SMILES string of the molecule is Cc1cc(NC(=O)C(C)NC(=O)c2ccc(C(C)(C)C)cc2)no1. The molecule has 128 valence electrons. The van der Waals surface area contributed by atoms with Crippen molar-refractivity contribution in [3.63, 3.8) is 0 Å². The van der Waals surface area contributed by atoms with Gasteiger partial charge in [0.2, 0.25) is 5.91 Å². The zero-order chi connectivity index (χ0) is 17.9. The average Bonchev–Trinajstić information content (AvgIpc) is 2.91. The second kappa shape index (κ2) is 6.86. The molecule has 0 aliphatic rings. The zero-order valence-electron chi connectivity index (χ0n) is 14.6. The van der Waals surface area contributed by atoms with E-state index in [0.717, 1.165) is 5.56 Å². The molecule has 6 heteroatoms. The number of rotatable bonds is 4. The molecule has 1 aromatic heterocycles. The van der Waals surface area contributed by atoms with E-state index in [9.17, 15) is 9.59 Å². The molecule has 24 heavy (non-hydrogen) atoms. The van der Waals surface area contributed by atoms with Gasteiger partial charge >= 0.3 is 0 Å². The zero-order valence-corrected chi connectivity index (χ0v) is 14.6. The van der Waals surface area contributed by atoms with E-state index < -0.39 is 6.04 Å². The van der Waals surface area contributed by atoms with E-state index in [1.165, 1.54) is 0 Å². The second-order valence-corrected chi connectivity index (χ2v) is 6.83. The molecule has 0 fully saturated rings. The fourth-order valence-electron chi connectivity index (χ4n) is 2.13. The summed E-state index contributed by atoms with van der Waals surface area (Å²) in [5, 5.41) is 8.95. The average molecular weight is 329 g/mol. The van der Waals surface area contributed by atoms with Gasteiger partial charge in [0.15, 0.2) is 5.82 Å². The molecule has 6 nitrogen and oxygen atoms in total. The maximum atomic E-state index is 12.3. The quantitative estimate of drug-likeness (QED) is 0.903. The molecule has 0 bridgehead atoms. The van der Waals surface area contributed by atoms with E-state index in [-0.39, 0.29) is 17.2 Å². The number of benzene rings is 1. The minimum absolute atomic E-state index is 0.0257. The lowest BCUT2D eigenvalue weighted by molar-refractivity contribution is -0.117. The van der Waals surface area contributed by atoms with Crippen LogP contribution in [0.4, 0.5) is 5.82 Å². The lowest BCUT2D eigenvalue weighted by Crippen LogP contribution is -2.41. The van der Waals surface area contributed by atoms with Gasteiger partial charge in [-0.1, -0.05) is 38.1 Å². The summed E-state index contributed by atoms with van der Waals surface area (Å²) in [7, 11) is 0. The van der Waals surface area contributed by atoms with Gasteiger partial charge in [-0.05, 0) is 37.0 Å². The van der Waals surface area contributed by atoms with Gasteiger partial charge in [0.25, 0.3) is 5.91 Å². The number of anilines is 1. The van der Waals surface area contributed by atoms with Crippen LogP contribution in [0.5, 0.6) is 0 Å². The first-order valence-corrected chi connectivity index (χ1v) is 7.82. The van der Waals surface area contributed by atoms with Gasteiger partial charge in [-0.3, -0.25) is 9.59 Å². The van der Waals surface area contributed by atoms with Gasteiger partial charge in [0.05, 0.1) is 0 Å². The van der Waals surface area contributed by atoms with Crippen LogP contribution in [0, 0.1) is 6.92 Å². The number of carbonyl (C=O) groups excluding carboxylic acids is 2. The Morgan fingerprint density at radius 2 is 1.79 bits per heavy atom. The Balaban J connectivity index is 1.96. The van der Waals surface area contributed by atoms with Gasteiger partial charge in [0.1, 0.15) is 11.8 Å². The summed E-state index contributed by atoms with van der Waals surface area (Å²) in [6.07, 6.45) is 0. The van der Waals surface area contributed by atoms with Crippen molar-refractivity contribution in [2.24, 2.45) is 0 Å². The highest BCUT2D eigenvalue weighted by Crippen LogP contribution is 2.22. The van der Waals surface area contributed by atoms with Crippen LogP contribution in [0.1, 0.15) is 49.4 Å². The first-order chi connectivity index (χ1) is 11.2. The lowest BCUT2D eigenvalue weighted by Gasteiger charge is -2.19. The summed E-state index contributed by atoms with van der Waals surface area (Å²) >= 11 is 0. The minimum Gasteiger partial charge on any atom is -0.360 e. The molecule has 2 amide bonds. The Hall–Kier alpha value is -2.63. The minimum atomic E-state index is -0.697. The number of nitrogens with one attached hydrogen (secondary N) is 2. The maximum Gasteiger partial charge on any atom is 0.251 e. The molecule has 2 aromatic rings. The van der Waals surface area contributed by atoms with Crippen LogP contribution in [0.3, 0.4) is 0 Å². The summed E-state index contributed by atoms with van der Waals surface area (Å²) in [5.74, 6) is 0.270. The Morgan fingerprint density at radius 1 is 1.17 bits per heavy atom. The molecular formula is C18H23N3O3. The van der Waals surface area contributed by atoms with Crippen molar-refractivity contribution in [1.29, 1.82) is 0 Å². The number of hydrogen-bond acceptors (Lipinski definition) is 4. The smallest absolute Gasteiger partial charge is 0.251 e. The van der Waals surface area contributed by atoms with E-state index in [1.807, 2.05) is 12.1 Å². The lowest BCUT2D eigenvalue weighted by atomic mass is 9.86. The third-order valence-corrected chi connectivity index (χ3v) is 3.63. The summed E-state index contributed by atoms with van der Waals surface area (Å²) in [6, 6.07) is 8.30. The number of aromatic nitrogens is 1. The molecule has 0 saturated carbocycles. The molecule has 0 aliphatic carbocycles. The van der Waals surface area contributed by atoms with Crippen molar-refractivity contribution in [3.8, 4) is 0 Å². The molecule has 1 unspecified atom stereocenters. The Labute approximate surface area is 141 Å². The van der Waals surface area contributed by atoms with E-state index >= 15 is 0 Å². The summed E-state index contributed by atoms with van der Waals surface area (Å²) in [4.78, 5) is 24.3. The maximum absolute atomic E-state index is 12.3. The summed E-state index contributed by atoms with van der Waals surface area (Å²) < 4.78 is 4.88. The van der Waals surface area contributed by atoms with Crippen LogP contribution in [0.2, 0.25) is 0 Å². The highest BCUT2D eigenvalue weighted by atomic mass is 16.5. The normalized spacial score (nSPS) is 12.5.